The maximum absolute atomic E-state index is 11.0. The molecule has 1 aliphatic rings. The molecule has 0 radical (unpaired) electrons. The van der Waals surface area contributed by atoms with Crippen LogP contribution in [-0.4, -0.2) is 21.4 Å². The van der Waals surface area contributed by atoms with Crippen LogP contribution >= 0.6 is 22.7 Å². The Kier molecular flexibility index (Phi) is 3.61. The molecule has 0 saturated carbocycles. The summed E-state index contributed by atoms with van der Waals surface area (Å²) in [6.45, 7) is 0.933. The van der Waals surface area contributed by atoms with Crippen LogP contribution in [0.1, 0.15) is 23.9 Å². The fraction of sp³-hybridized carbons (Fsp3) is 0.222. The zero-order chi connectivity index (χ0) is 17.7. The van der Waals surface area contributed by atoms with E-state index in [2.05, 4.69) is 11.0 Å². The minimum Gasteiger partial charge on any atom is -0.339 e. The second-order valence-corrected chi connectivity index (χ2v) is 8.35. The SMILES string of the molecule is O=[N+]([O-])c1ccc2nc(N3CCCC3c3nc4ccccc4s3)sc2c1. The van der Waals surface area contributed by atoms with Crippen LogP contribution < -0.4 is 4.90 Å². The van der Waals surface area contributed by atoms with Gasteiger partial charge in [0, 0.05) is 18.7 Å². The van der Waals surface area contributed by atoms with E-state index in [0.717, 1.165) is 45.3 Å². The highest BCUT2D eigenvalue weighted by molar-refractivity contribution is 7.22. The summed E-state index contributed by atoms with van der Waals surface area (Å²) in [6, 6.07) is 13.3. The first-order valence-electron chi connectivity index (χ1n) is 8.36. The number of anilines is 1. The lowest BCUT2D eigenvalue weighted by Gasteiger charge is -2.21. The van der Waals surface area contributed by atoms with E-state index in [9.17, 15) is 10.1 Å². The van der Waals surface area contributed by atoms with Crippen LogP contribution in [0.5, 0.6) is 0 Å². The Labute approximate surface area is 156 Å². The van der Waals surface area contributed by atoms with Crippen molar-refractivity contribution < 1.29 is 4.92 Å². The summed E-state index contributed by atoms with van der Waals surface area (Å²) in [6.07, 6.45) is 2.15. The molecule has 2 aromatic carbocycles. The predicted octanol–water partition coefficient (Wildman–Crippen LogP) is 5.16. The largest absolute Gasteiger partial charge is 0.339 e. The number of hydrogen-bond acceptors (Lipinski definition) is 7. The van der Waals surface area contributed by atoms with Gasteiger partial charge >= 0.3 is 0 Å². The Bertz CT molecular complexity index is 1100. The van der Waals surface area contributed by atoms with Crippen molar-refractivity contribution in [2.24, 2.45) is 0 Å². The minimum absolute atomic E-state index is 0.108. The lowest BCUT2D eigenvalue weighted by atomic mass is 10.2. The molecule has 5 rings (SSSR count). The number of hydrogen-bond donors (Lipinski definition) is 0. The van der Waals surface area contributed by atoms with E-state index in [4.69, 9.17) is 9.97 Å². The molecule has 1 aliphatic heterocycles. The number of nitro groups is 1. The zero-order valence-corrected chi connectivity index (χ0v) is 15.3. The lowest BCUT2D eigenvalue weighted by Crippen LogP contribution is -2.22. The first kappa shape index (κ1) is 15.7. The molecule has 4 aromatic rings. The number of nitro benzene ring substituents is 1. The Morgan fingerprint density at radius 2 is 1.92 bits per heavy atom. The summed E-state index contributed by atoms with van der Waals surface area (Å²) < 4.78 is 2.05. The molecule has 1 unspecified atom stereocenters. The number of thiazole rings is 2. The van der Waals surface area contributed by atoms with Gasteiger partial charge in [-0.15, -0.1) is 11.3 Å². The third-order valence-corrected chi connectivity index (χ3v) is 6.86. The molecule has 0 aliphatic carbocycles. The molecule has 26 heavy (non-hydrogen) atoms. The van der Waals surface area contributed by atoms with Crippen LogP contribution in [0.4, 0.5) is 10.8 Å². The molecule has 0 bridgehead atoms. The third-order valence-electron chi connectivity index (χ3n) is 4.67. The molecule has 0 N–H and O–H groups in total. The van der Waals surface area contributed by atoms with Crippen molar-refractivity contribution in [1.29, 1.82) is 0 Å². The normalized spacial score (nSPS) is 17.4. The van der Waals surface area contributed by atoms with Gasteiger partial charge in [0.05, 0.1) is 31.4 Å². The third kappa shape index (κ3) is 2.53. The van der Waals surface area contributed by atoms with Gasteiger partial charge in [0.1, 0.15) is 5.01 Å². The van der Waals surface area contributed by atoms with Gasteiger partial charge in [-0.3, -0.25) is 10.1 Å². The number of fused-ring (bicyclic) bond motifs is 2. The number of nitrogens with zero attached hydrogens (tertiary/aromatic N) is 4. The van der Waals surface area contributed by atoms with Gasteiger partial charge in [-0.2, -0.15) is 0 Å². The second-order valence-electron chi connectivity index (χ2n) is 6.28. The average molecular weight is 382 g/mol. The highest BCUT2D eigenvalue weighted by Gasteiger charge is 2.31. The van der Waals surface area contributed by atoms with Crippen molar-refractivity contribution in [2.45, 2.75) is 18.9 Å². The zero-order valence-electron chi connectivity index (χ0n) is 13.7. The van der Waals surface area contributed by atoms with Gasteiger partial charge in [-0.1, -0.05) is 23.5 Å². The van der Waals surface area contributed by atoms with E-state index in [1.165, 1.54) is 22.1 Å². The van der Waals surface area contributed by atoms with Crippen molar-refractivity contribution in [2.75, 3.05) is 11.4 Å². The van der Waals surface area contributed by atoms with E-state index in [1.807, 2.05) is 18.2 Å². The molecule has 1 fully saturated rings. The number of para-hydroxylation sites is 1. The van der Waals surface area contributed by atoms with Crippen LogP contribution in [0.25, 0.3) is 20.4 Å². The molecule has 2 aromatic heterocycles. The Hall–Kier alpha value is -2.58. The molecular formula is C18H14N4O2S2. The summed E-state index contributed by atoms with van der Waals surface area (Å²) >= 11 is 3.26. The Morgan fingerprint density at radius 3 is 2.77 bits per heavy atom. The first-order chi connectivity index (χ1) is 12.7. The van der Waals surface area contributed by atoms with Gasteiger partial charge in [0.25, 0.3) is 5.69 Å². The summed E-state index contributed by atoms with van der Waals surface area (Å²) in [4.78, 5) is 22.5. The quantitative estimate of drug-likeness (QED) is 0.362. The summed E-state index contributed by atoms with van der Waals surface area (Å²) in [7, 11) is 0. The Morgan fingerprint density at radius 1 is 1.08 bits per heavy atom. The van der Waals surface area contributed by atoms with Gasteiger partial charge in [0.2, 0.25) is 0 Å². The maximum atomic E-state index is 11.0. The van der Waals surface area contributed by atoms with Gasteiger partial charge in [0.15, 0.2) is 5.13 Å². The van der Waals surface area contributed by atoms with E-state index in [0.29, 0.717) is 0 Å². The molecule has 3 heterocycles. The van der Waals surface area contributed by atoms with Crippen LogP contribution in [0.3, 0.4) is 0 Å². The fourth-order valence-electron chi connectivity index (χ4n) is 3.42. The highest BCUT2D eigenvalue weighted by Crippen LogP contribution is 2.42. The predicted molar refractivity (Wildman–Crippen MR) is 105 cm³/mol. The van der Waals surface area contributed by atoms with Gasteiger partial charge in [-0.25, -0.2) is 9.97 Å². The first-order valence-corrected chi connectivity index (χ1v) is 9.99. The van der Waals surface area contributed by atoms with Crippen LogP contribution in [0.15, 0.2) is 42.5 Å². The topological polar surface area (TPSA) is 72.2 Å². The molecule has 0 spiro atoms. The average Bonchev–Trinajstić information content (AvgIpc) is 3.36. The van der Waals surface area contributed by atoms with Crippen LogP contribution in [0.2, 0.25) is 0 Å². The van der Waals surface area contributed by atoms with E-state index < -0.39 is 0 Å². The molecule has 8 heteroatoms. The van der Waals surface area contributed by atoms with E-state index in [1.54, 1.807) is 23.5 Å². The summed E-state index contributed by atoms with van der Waals surface area (Å²) in [5, 5.41) is 13.0. The van der Waals surface area contributed by atoms with E-state index >= 15 is 0 Å². The minimum atomic E-state index is -0.362. The van der Waals surface area contributed by atoms with Crippen molar-refractivity contribution in [1.82, 2.24) is 9.97 Å². The number of benzene rings is 2. The lowest BCUT2D eigenvalue weighted by molar-refractivity contribution is -0.384. The number of aromatic nitrogens is 2. The number of non-ortho nitro benzene ring substituents is 1. The van der Waals surface area contributed by atoms with Crippen molar-refractivity contribution in [3.05, 3.63) is 57.6 Å². The second kappa shape index (κ2) is 6.00. The standard InChI is InChI=1S/C18H14N4O2S2/c23-22(24)11-7-8-13-16(10-11)26-18(20-13)21-9-3-5-14(21)17-19-12-4-1-2-6-15(12)25-17/h1-2,4,6-8,10,14H,3,5,9H2. The fourth-order valence-corrected chi connectivity index (χ4v) is 5.61. The summed E-state index contributed by atoms with van der Waals surface area (Å²) in [5.41, 5.74) is 1.96. The molecule has 1 atom stereocenters. The summed E-state index contributed by atoms with van der Waals surface area (Å²) in [5.74, 6) is 0. The van der Waals surface area contributed by atoms with Gasteiger partial charge < -0.3 is 4.90 Å². The molecule has 0 amide bonds. The van der Waals surface area contributed by atoms with E-state index in [-0.39, 0.29) is 16.7 Å². The van der Waals surface area contributed by atoms with Crippen molar-refractivity contribution in [3.63, 3.8) is 0 Å². The monoisotopic (exact) mass is 382 g/mol. The molecular weight excluding hydrogens is 368 g/mol. The number of rotatable bonds is 3. The van der Waals surface area contributed by atoms with Crippen molar-refractivity contribution >= 4 is 53.9 Å². The maximum Gasteiger partial charge on any atom is 0.270 e. The molecule has 130 valence electrons. The van der Waals surface area contributed by atoms with Crippen molar-refractivity contribution in [3.8, 4) is 0 Å². The van der Waals surface area contributed by atoms with Gasteiger partial charge in [-0.05, 0) is 31.0 Å². The smallest absolute Gasteiger partial charge is 0.270 e. The van der Waals surface area contributed by atoms with Crippen LogP contribution in [-0.2, 0) is 0 Å². The Balaban J connectivity index is 1.53. The van der Waals surface area contributed by atoms with Crippen LogP contribution in [0, 0.1) is 10.1 Å². The highest BCUT2D eigenvalue weighted by atomic mass is 32.1. The molecule has 6 nitrogen and oxygen atoms in total. The molecule has 1 saturated heterocycles.